The number of pyridine rings is 1. The average Bonchev–Trinajstić information content (AvgIpc) is 3.24. The largest absolute Gasteiger partial charge is 0.496 e. The van der Waals surface area contributed by atoms with E-state index < -0.39 is 0 Å². The Balaban J connectivity index is 1.70. The smallest absolute Gasteiger partial charge is 0.257 e. The van der Waals surface area contributed by atoms with E-state index in [-0.39, 0.29) is 18.0 Å². The van der Waals surface area contributed by atoms with Gasteiger partial charge in [-0.2, -0.15) is 5.10 Å². The second-order valence-corrected chi connectivity index (χ2v) is 9.25. The molecule has 0 bridgehead atoms. The van der Waals surface area contributed by atoms with Crippen molar-refractivity contribution in [3.63, 3.8) is 0 Å². The van der Waals surface area contributed by atoms with E-state index in [2.05, 4.69) is 20.8 Å². The fourth-order valence-corrected chi connectivity index (χ4v) is 5.26. The van der Waals surface area contributed by atoms with Crippen LogP contribution in [-0.2, 0) is 20.1 Å². The van der Waals surface area contributed by atoms with Crippen molar-refractivity contribution in [3.05, 3.63) is 67.9 Å². The minimum Gasteiger partial charge on any atom is -0.496 e. The summed E-state index contributed by atoms with van der Waals surface area (Å²) in [7, 11) is 3.39. The summed E-state index contributed by atoms with van der Waals surface area (Å²) in [6, 6.07) is 3.82. The third-order valence-electron chi connectivity index (χ3n) is 6.59. The Morgan fingerprint density at radius 1 is 1.15 bits per heavy atom. The lowest BCUT2D eigenvalue weighted by Gasteiger charge is -2.22. The minimum absolute atomic E-state index is 0.119. The maximum Gasteiger partial charge on any atom is 0.257 e. The minimum atomic E-state index is -0.264. The Morgan fingerprint density at radius 3 is 2.59 bits per heavy atom. The van der Waals surface area contributed by atoms with Crippen LogP contribution in [-0.4, -0.2) is 43.8 Å². The molecule has 0 aliphatic carbocycles. The summed E-state index contributed by atoms with van der Waals surface area (Å²) in [5.41, 5.74) is 5.80. The first-order chi connectivity index (χ1) is 16.2. The van der Waals surface area contributed by atoms with Crippen LogP contribution in [0.5, 0.6) is 5.75 Å². The van der Waals surface area contributed by atoms with E-state index in [0.29, 0.717) is 40.7 Å². The Bertz CT molecular complexity index is 1510. The van der Waals surface area contributed by atoms with Crippen LogP contribution in [0.3, 0.4) is 0 Å². The number of nitrogens with zero attached hydrogens (tertiary/aromatic N) is 4. The molecule has 0 atom stereocenters. The number of carbonyl (C=O) groups is 1. The number of amides is 1. The van der Waals surface area contributed by atoms with Gasteiger partial charge in [-0.15, -0.1) is 0 Å². The van der Waals surface area contributed by atoms with Gasteiger partial charge in [0.2, 0.25) is 0 Å². The molecule has 0 radical (unpaired) electrons. The summed E-state index contributed by atoms with van der Waals surface area (Å²) in [5.74, 6) is 0.250. The van der Waals surface area contributed by atoms with Gasteiger partial charge in [-0.05, 0) is 44.0 Å². The number of aromatic nitrogens is 4. The summed E-state index contributed by atoms with van der Waals surface area (Å²) in [6.45, 7) is 6.95. The number of hydrogen-bond donors (Lipinski definition) is 1. The Morgan fingerprint density at radius 2 is 1.91 bits per heavy atom. The van der Waals surface area contributed by atoms with Gasteiger partial charge < -0.3 is 19.2 Å². The highest BCUT2D eigenvalue weighted by atomic mass is 35.5. The number of benzene rings is 1. The van der Waals surface area contributed by atoms with Crippen molar-refractivity contribution in [3.8, 4) is 17.0 Å². The summed E-state index contributed by atoms with van der Waals surface area (Å²) in [4.78, 5) is 31.2. The van der Waals surface area contributed by atoms with Gasteiger partial charge in [0.25, 0.3) is 11.5 Å². The van der Waals surface area contributed by atoms with Gasteiger partial charge in [-0.3, -0.25) is 14.3 Å². The number of aryl methyl sites for hydroxylation is 4. The lowest BCUT2D eigenvalue weighted by Crippen LogP contribution is -2.34. The first kappa shape index (κ1) is 22.3. The molecule has 8 nitrogen and oxygen atoms in total. The quantitative estimate of drug-likeness (QED) is 0.480. The molecule has 0 fully saturated rings. The predicted octanol–water partition coefficient (Wildman–Crippen LogP) is 3.97. The molecule has 0 unspecified atom stereocenters. The molecule has 1 N–H and O–H groups in total. The lowest BCUT2D eigenvalue weighted by atomic mass is 9.99. The van der Waals surface area contributed by atoms with Crippen molar-refractivity contribution >= 4 is 28.4 Å². The Hall–Kier alpha value is -3.52. The average molecular weight is 480 g/mol. The second kappa shape index (κ2) is 8.06. The fourth-order valence-electron chi connectivity index (χ4n) is 4.94. The molecule has 1 aliphatic rings. The van der Waals surface area contributed by atoms with Crippen LogP contribution >= 0.6 is 11.6 Å². The van der Waals surface area contributed by atoms with Gasteiger partial charge in [-0.1, -0.05) is 11.6 Å². The van der Waals surface area contributed by atoms with E-state index in [1.165, 1.54) is 7.11 Å². The summed E-state index contributed by atoms with van der Waals surface area (Å²) < 4.78 is 9.31. The van der Waals surface area contributed by atoms with Crippen molar-refractivity contribution in [2.24, 2.45) is 7.05 Å². The molecule has 5 rings (SSSR count). The molecule has 34 heavy (non-hydrogen) atoms. The van der Waals surface area contributed by atoms with E-state index in [9.17, 15) is 9.59 Å². The van der Waals surface area contributed by atoms with Gasteiger partial charge >= 0.3 is 0 Å². The molecule has 0 saturated carbocycles. The van der Waals surface area contributed by atoms with E-state index in [0.717, 1.165) is 33.3 Å². The number of ether oxygens (including phenoxy) is 1. The lowest BCUT2D eigenvalue weighted by molar-refractivity contribution is 0.0744. The highest BCUT2D eigenvalue weighted by molar-refractivity contribution is 6.38. The molecule has 4 heterocycles. The molecule has 0 spiro atoms. The topological polar surface area (TPSA) is 85.2 Å². The van der Waals surface area contributed by atoms with Gasteiger partial charge in [0.15, 0.2) is 0 Å². The number of rotatable bonds is 4. The highest BCUT2D eigenvalue weighted by Gasteiger charge is 2.31. The molecule has 4 aromatic rings. The van der Waals surface area contributed by atoms with Gasteiger partial charge in [0, 0.05) is 43.0 Å². The molecular weight excluding hydrogens is 454 g/mol. The van der Waals surface area contributed by atoms with Crippen molar-refractivity contribution < 1.29 is 9.53 Å². The van der Waals surface area contributed by atoms with E-state index >= 15 is 0 Å². The molecule has 9 heteroatoms. The number of H-pyrrole nitrogens is 1. The molecule has 1 amide bonds. The zero-order valence-electron chi connectivity index (χ0n) is 19.8. The van der Waals surface area contributed by atoms with E-state index in [4.69, 9.17) is 16.3 Å². The maximum absolute atomic E-state index is 14.0. The fraction of sp³-hybridized carbons (Fsp3) is 0.320. The molecular formula is C25H26ClN5O3. The van der Waals surface area contributed by atoms with E-state index in [1.54, 1.807) is 28.8 Å². The van der Waals surface area contributed by atoms with Crippen LogP contribution in [0.1, 0.15) is 32.7 Å². The first-order valence-corrected chi connectivity index (χ1v) is 11.5. The van der Waals surface area contributed by atoms with Crippen LogP contribution in [0.2, 0.25) is 5.02 Å². The molecule has 0 saturated heterocycles. The molecule has 1 aliphatic heterocycles. The second-order valence-electron chi connectivity index (χ2n) is 8.87. The van der Waals surface area contributed by atoms with Crippen molar-refractivity contribution in [1.29, 1.82) is 0 Å². The van der Waals surface area contributed by atoms with Gasteiger partial charge in [0.1, 0.15) is 5.75 Å². The van der Waals surface area contributed by atoms with Crippen LogP contribution in [0.4, 0.5) is 0 Å². The third-order valence-corrected chi connectivity index (χ3v) is 6.98. The predicted molar refractivity (Wildman–Crippen MR) is 132 cm³/mol. The number of halogens is 1. The SMILES string of the molecule is COc1cc(C)[nH]c(=O)c1CN1CCn2cc(C)c3cc(-c4c(C)cnn4C)c(Cl)c(c32)C1=O. The number of hydrogen-bond acceptors (Lipinski definition) is 4. The zero-order valence-corrected chi connectivity index (χ0v) is 20.6. The van der Waals surface area contributed by atoms with Crippen molar-refractivity contribution in [2.75, 3.05) is 13.7 Å². The monoisotopic (exact) mass is 479 g/mol. The molecule has 176 valence electrons. The number of aromatic amines is 1. The van der Waals surface area contributed by atoms with Gasteiger partial charge in [-0.25, -0.2) is 0 Å². The number of nitrogens with one attached hydrogen (secondary N) is 1. The van der Waals surface area contributed by atoms with Crippen LogP contribution in [0.25, 0.3) is 22.2 Å². The van der Waals surface area contributed by atoms with Crippen molar-refractivity contribution in [2.45, 2.75) is 33.9 Å². The Labute approximate surface area is 201 Å². The molecule has 1 aromatic carbocycles. The third kappa shape index (κ3) is 3.32. The highest BCUT2D eigenvalue weighted by Crippen LogP contribution is 2.40. The van der Waals surface area contributed by atoms with Crippen LogP contribution < -0.4 is 10.3 Å². The molecule has 3 aromatic heterocycles. The standard InChI is InChI=1S/C25H26ClN5O3/c1-13-10-27-29(4)22(13)17-9-16-14(2)11-30-6-7-31(25(33)20(21(17)26)23(16)30)12-18-19(34-5)8-15(3)28-24(18)32/h8-11H,6-7,12H2,1-5H3,(H,28,32). The van der Waals surface area contributed by atoms with Crippen LogP contribution in [0, 0.1) is 20.8 Å². The maximum atomic E-state index is 14.0. The summed E-state index contributed by atoms with van der Waals surface area (Å²) in [5, 5.41) is 5.73. The summed E-state index contributed by atoms with van der Waals surface area (Å²) >= 11 is 6.99. The van der Waals surface area contributed by atoms with Crippen molar-refractivity contribution in [1.82, 2.24) is 24.2 Å². The normalized spacial score (nSPS) is 13.6. The van der Waals surface area contributed by atoms with Gasteiger partial charge in [0.05, 0.1) is 47.2 Å². The van der Waals surface area contributed by atoms with E-state index in [1.807, 2.05) is 27.0 Å². The number of carbonyl (C=O) groups excluding carboxylic acids is 1. The summed E-state index contributed by atoms with van der Waals surface area (Å²) in [6.07, 6.45) is 3.84. The van der Waals surface area contributed by atoms with Crippen LogP contribution in [0.15, 0.2) is 29.3 Å². The number of methoxy groups -OCH3 is 1. The Kier molecular flexibility index (Phi) is 5.28. The zero-order chi connectivity index (χ0) is 24.3. The first-order valence-electron chi connectivity index (χ1n) is 11.1.